The summed E-state index contributed by atoms with van der Waals surface area (Å²) in [6.07, 6.45) is 0. The molecule has 5 heteroatoms. The van der Waals surface area contributed by atoms with Gasteiger partial charge in [-0.25, -0.2) is 0 Å². The molecule has 0 heterocycles. The fraction of sp³-hybridized carbons (Fsp3) is 0.240. The van der Waals surface area contributed by atoms with Crippen molar-refractivity contribution >= 4 is 17.5 Å². The molecule has 3 aromatic rings. The first kappa shape index (κ1) is 21.7. The van der Waals surface area contributed by atoms with Crippen molar-refractivity contribution in [2.24, 2.45) is 0 Å². The van der Waals surface area contributed by atoms with E-state index in [0.717, 1.165) is 16.9 Å². The molecule has 3 rings (SSSR count). The molecule has 1 unspecified atom stereocenters. The number of amides is 1. The quantitative estimate of drug-likeness (QED) is 0.504. The lowest BCUT2D eigenvalue weighted by Gasteiger charge is -2.16. The summed E-state index contributed by atoms with van der Waals surface area (Å²) in [5, 5.41) is 3.69. The number of rotatable bonds is 7. The highest BCUT2D eigenvalue weighted by Gasteiger charge is 2.14. The predicted molar refractivity (Wildman–Crippen MR) is 121 cm³/mol. The van der Waals surface area contributed by atoms with Gasteiger partial charge in [-0.05, 0) is 79.9 Å². The lowest BCUT2D eigenvalue weighted by molar-refractivity contribution is 0.0939. The first-order chi connectivity index (χ1) is 14.4. The molecular weight excluding hydrogens is 398 g/mol. The molecule has 1 amide bonds. The molecular formula is C25H26ClNO3. The average molecular weight is 424 g/mol. The molecule has 1 N–H and O–H groups in total. The highest BCUT2D eigenvalue weighted by atomic mass is 35.5. The lowest BCUT2D eigenvalue weighted by Crippen LogP contribution is -2.26. The lowest BCUT2D eigenvalue weighted by atomic mass is 10.1. The standard InChI is InChI=1S/C25H26ClNO3/c1-16-5-11-23(13-17(16)2)30-15-21-14-20(8-12-24(21)29-4)25(28)27-18(3)19-6-9-22(26)10-7-19/h5-14,18H,15H2,1-4H3,(H,27,28). The van der Waals surface area contributed by atoms with Crippen molar-refractivity contribution in [1.82, 2.24) is 5.32 Å². The molecule has 0 aromatic heterocycles. The van der Waals surface area contributed by atoms with Gasteiger partial charge in [-0.2, -0.15) is 0 Å². The van der Waals surface area contributed by atoms with Gasteiger partial charge in [0, 0.05) is 16.1 Å². The minimum atomic E-state index is -0.160. The van der Waals surface area contributed by atoms with Gasteiger partial charge in [0.25, 0.3) is 5.91 Å². The number of benzene rings is 3. The Bertz CT molecular complexity index is 1030. The molecule has 0 aliphatic rings. The van der Waals surface area contributed by atoms with Gasteiger partial charge in [0.1, 0.15) is 18.1 Å². The molecule has 0 fully saturated rings. The van der Waals surface area contributed by atoms with Crippen molar-refractivity contribution in [1.29, 1.82) is 0 Å². The van der Waals surface area contributed by atoms with Gasteiger partial charge in [0.2, 0.25) is 0 Å². The molecule has 0 radical (unpaired) electrons. The highest BCUT2D eigenvalue weighted by molar-refractivity contribution is 6.30. The van der Waals surface area contributed by atoms with Crippen LogP contribution in [0.4, 0.5) is 0 Å². The molecule has 30 heavy (non-hydrogen) atoms. The number of halogens is 1. The van der Waals surface area contributed by atoms with Crippen LogP contribution in [-0.2, 0) is 6.61 Å². The Labute approximate surface area is 182 Å². The summed E-state index contributed by atoms with van der Waals surface area (Å²) in [6.45, 7) is 6.36. The maximum atomic E-state index is 12.8. The fourth-order valence-electron chi connectivity index (χ4n) is 3.11. The van der Waals surface area contributed by atoms with Crippen molar-refractivity contribution < 1.29 is 14.3 Å². The van der Waals surface area contributed by atoms with Crippen molar-refractivity contribution in [2.45, 2.75) is 33.4 Å². The molecule has 1 atom stereocenters. The molecule has 0 saturated carbocycles. The van der Waals surface area contributed by atoms with Crippen LogP contribution in [0.1, 0.15) is 45.6 Å². The van der Waals surface area contributed by atoms with E-state index in [0.29, 0.717) is 22.9 Å². The Morgan fingerprint density at radius 3 is 2.40 bits per heavy atom. The molecule has 4 nitrogen and oxygen atoms in total. The van der Waals surface area contributed by atoms with Crippen molar-refractivity contribution in [3.8, 4) is 11.5 Å². The fourth-order valence-corrected chi connectivity index (χ4v) is 3.24. The van der Waals surface area contributed by atoms with E-state index >= 15 is 0 Å². The summed E-state index contributed by atoms with van der Waals surface area (Å²) in [4.78, 5) is 12.8. The van der Waals surface area contributed by atoms with Crippen molar-refractivity contribution in [3.05, 3.63) is 93.5 Å². The van der Waals surface area contributed by atoms with Gasteiger partial charge in [-0.3, -0.25) is 4.79 Å². The van der Waals surface area contributed by atoms with E-state index in [1.54, 1.807) is 19.2 Å². The first-order valence-electron chi connectivity index (χ1n) is 9.80. The topological polar surface area (TPSA) is 47.6 Å². The molecule has 3 aromatic carbocycles. The van der Waals surface area contributed by atoms with Gasteiger partial charge in [0.05, 0.1) is 13.2 Å². The Hall–Kier alpha value is -2.98. The van der Waals surface area contributed by atoms with Gasteiger partial charge < -0.3 is 14.8 Å². The zero-order valence-electron chi connectivity index (χ0n) is 17.7. The number of ether oxygens (including phenoxy) is 2. The number of methoxy groups -OCH3 is 1. The minimum Gasteiger partial charge on any atom is -0.496 e. The van der Waals surface area contributed by atoms with Crippen LogP contribution in [0.15, 0.2) is 60.7 Å². The average Bonchev–Trinajstić information content (AvgIpc) is 2.74. The monoisotopic (exact) mass is 423 g/mol. The summed E-state index contributed by atoms with van der Waals surface area (Å²) in [5.74, 6) is 1.31. The number of carbonyl (C=O) groups excluding carboxylic acids is 1. The van der Waals surface area contributed by atoms with Crippen LogP contribution in [0.5, 0.6) is 11.5 Å². The second-order valence-corrected chi connectivity index (χ2v) is 7.74. The Morgan fingerprint density at radius 2 is 1.73 bits per heavy atom. The minimum absolute atomic E-state index is 0.146. The number of aryl methyl sites for hydroxylation is 2. The molecule has 0 bridgehead atoms. The normalized spacial score (nSPS) is 11.6. The summed E-state index contributed by atoms with van der Waals surface area (Å²) in [5.41, 5.74) is 4.73. The third-order valence-corrected chi connectivity index (χ3v) is 5.38. The second-order valence-electron chi connectivity index (χ2n) is 7.31. The van der Waals surface area contributed by atoms with Gasteiger partial charge in [-0.15, -0.1) is 0 Å². The number of hydrogen-bond donors (Lipinski definition) is 1. The molecule has 0 aliphatic heterocycles. The van der Waals surface area contributed by atoms with Crippen LogP contribution in [0, 0.1) is 13.8 Å². The van der Waals surface area contributed by atoms with Crippen LogP contribution >= 0.6 is 11.6 Å². The Balaban J connectivity index is 1.73. The summed E-state index contributed by atoms with van der Waals surface area (Å²) >= 11 is 5.94. The van der Waals surface area contributed by atoms with E-state index in [1.807, 2.05) is 55.5 Å². The molecule has 156 valence electrons. The maximum absolute atomic E-state index is 12.8. The third kappa shape index (κ3) is 5.33. The van der Waals surface area contributed by atoms with Crippen LogP contribution in [-0.4, -0.2) is 13.0 Å². The van der Waals surface area contributed by atoms with Crippen molar-refractivity contribution in [2.75, 3.05) is 7.11 Å². The van der Waals surface area contributed by atoms with Crippen LogP contribution in [0.2, 0.25) is 5.02 Å². The van der Waals surface area contributed by atoms with Crippen LogP contribution < -0.4 is 14.8 Å². The van der Waals surface area contributed by atoms with Crippen LogP contribution in [0.25, 0.3) is 0 Å². The Kier molecular flexibility index (Phi) is 7.01. The van der Waals surface area contributed by atoms with Gasteiger partial charge in [-0.1, -0.05) is 29.8 Å². The maximum Gasteiger partial charge on any atom is 0.251 e. The molecule has 0 aliphatic carbocycles. The summed E-state index contributed by atoms with van der Waals surface area (Å²) < 4.78 is 11.4. The zero-order valence-corrected chi connectivity index (χ0v) is 18.4. The van der Waals surface area contributed by atoms with Crippen molar-refractivity contribution in [3.63, 3.8) is 0 Å². The van der Waals surface area contributed by atoms with E-state index in [-0.39, 0.29) is 11.9 Å². The van der Waals surface area contributed by atoms with E-state index < -0.39 is 0 Å². The highest BCUT2D eigenvalue weighted by Crippen LogP contribution is 2.24. The van der Waals surface area contributed by atoms with E-state index in [4.69, 9.17) is 21.1 Å². The molecule has 0 saturated heterocycles. The van der Waals surface area contributed by atoms with E-state index in [9.17, 15) is 4.79 Å². The van der Waals surface area contributed by atoms with E-state index in [1.165, 1.54) is 11.1 Å². The largest absolute Gasteiger partial charge is 0.496 e. The second kappa shape index (κ2) is 9.68. The van der Waals surface area contributed by atoms with Gasteiger partial charge in [0.15, 0.2) is 0 Å². The zero-order chi connectivity index (χ0) is 21.7. The van der Waals surface area contributed by atoms with E-state index in [2.05, 4.69) is 19.2 Å². The summed E-state index contributed by atoms with van der Waals surface area (Å²) in [6, 6.07) is 18.6. The number of carbonyl (C=O) groups is 1. The van der Waals surface area contributed by atoms with Crippen LogP contribution in [0.3, 0.4) is 0 Å². The van der Waals surface area contributed by atoms with Gasteiger partial charge >= 0.3 is 0 Å². The molecule has 0 spiro atoms. The summed E-state index contributed by atoms with van der Waals surface area (Å²) in [7, 11) is 1.61. The third-order valence-electron chi connectivity index (χ3n) is 5.13. The SMILES string of the molecule is COc1ccc(C(=O)NC(C)c2ccc(Cl)cc2)cc1COc1ccc(C)c(C)c1. The smallest absolute Gasteiger partial charge is 0.251 e. The first-order valence-corrected chi connectivity index (χ1v) is 10.2. The number of hydrogen-bond acceptors (Lipinski definition) is 3. The Morgan fingerprint density at radius 1 is 1.00 bits per heavy atom. The predicted octanol–water partition coefficient (Wildman–Crippen LogP) is 6.04. The number of nitrogens with one attached hydrogen (secondary N) is 1.